The fourth-order valence-corrected chi connectivity index (χ4v) is 3.18. The lowest BCUT2D eigenvalue weighted by atomic mass is 9.99. The number of ether oxygens (including phenoxy) is 2. The minimum atomic E-state index is -1.92. The molecule has 0 radical (unpaired) electrons. The van der Waals surface area contributed by atoms with Crippen LogP contribution >= 0.6 is 0 Å². The second-order valence-corrected chi connectivity index (χ2v) is 6.16. The summed E-state index contributed by atoms with van der Waals surface area (Å²) in [6.07, 6.45) is -4.98. The molecule has 146 valence electrons. The molecule has 2 aromatic carbocycles. The summed E-state index contributed by atoms with van der Waals surface area (Å²) < 4.78 is 9.94. The van der Waals surface area contributed by atoms with Crippen LogP contribution in [0.1, 0.15) is 11.1 Å². The molecule has 1 aliphatic rings. The van der Waals surface area contributed by atoms with E-state index in [1.54, 1.807) is 60.7 Å². The zero-order chi connectivity index (χ0) is 20.1. The lowest BCUT2D eigenvalue weighted by Gasteiger charge is -2.37. The highest BCUT2D eigenvalue weighted by atomic mass is 16.7. The summed E-state index contributed by atoms with van der Waals surface area (Å²) in [4.78, 5) is 36.4. The number of nitrogens with one attached hydrogen (secondary N) is 1. The minimum Gasteiger partial charge on any atom is -0.450 e. The largest absolute Gasteiger partial charge is 0.508 e. The average molecular weight is 386 g/mol. The Bertz CT molecular complexity index is 859. The molecule has 1 aliphatic heterocycles. The average Bonchev–Trinajstić information content (AvgIpc) is 2.87. The van der Waals surface area contributed by atoms with Gasteiger partial charge in [0, 0.05) is 6.42 Å². The van der Waals surface area contributed by atoms with E-state index in [9.17, 15) is 19.5 Å². The van der Waals surface area contributed by atoms with Crippen molar-refractivity contribution in [2.45, 2.75) is 24.9 Å². The number of hydrogen-bond donors (Lipinski definition) is 3. The topological polar surface area (TPSA) is 125 Å². The van der Waals surface area contributed by atoms with E-state index in [2.05, 4.69) is 5.32 Å². The van der Waals surface area contributed by atoms with Gasteiger partial charge in [0.2, 0.25) is 6.23 Å². The van der Waals surface area contributed by atoms with Gasteiger partial charge < -0.3 is 19.7 Å². The first kappa shape index (κ1) is 19.0. The molecule has 1 heterocycles. The molecule has 1 fully saturated rings. The Morgan fingerprint density at radius 3 is 2.07 bits per heavy atom. The van der Waals surface area contributed by atoms with Crippen molar-refractivity contribution in [1.82, 2.24) is 10.2 Å². The lowest BCUT2D eigenvalue weighted by molar-refractivity contribution is -0.157. The molecule has 2 aromatic rings. The van der Waals surface area contributed by atoms with Gasteiger partial charge in [0.15, 0.2) is 0 Å². The second kappa shape index (κ2) is 7.87. The Labute approximate surface area is 160 Å². The summed E-state index contributed by atoms with van der Waals surface area (Å²) in [6.45, 7) is -0.00767. The lowest BCUT2D eigenvalue weighted by Crippen LogP contribution is -2.57. The number of carbonyl (C=O) groups excluding carboxylic acids is 1. The quantitative estimate of drug-likeness (QED) is 0.652. The molecule has 2 unspecified atom stereocenters. The predicted octanol–water partition coefficient (Wildman–Crippen LogP) is 2.87. The van der Waals surface area contributed by atoms with Gasteiger partial charge >= 0.3 is 18.3 Å². The molecule has 9 heteroatoms. The first-order chi connectivity index (χ1) is 13.4. The van der Waals surface area contributed by atoms with Crippen LogP contribution in [0.25, 0.3) is 0 Å². The van der Waals surface area contributed by atoms with Gasteiger partial charge in [-0.1, -0.05) is 60.7 Å². The molecule has 0 aromatic heterocycles. The Hall–Kier alpha value is -3.75. The molecule has 0 spiro atoms. The van der Waals surface area contributed by atoms with Crippen LogP contribution < -0.4 is 5.32 Å². The molecular formula is C19H18N2O7. The van der Waals surface area contributed by atoms with E-state index in [4.69, 9.17) is 14.6 Å². The number of nitrogens with zero attached hydrogens (tertiary/aromatic N) is 1. The number of carbonyl (C=O) groups is 3. The van der Waals surface area contributed by atoms with Gasteiger partial charge in [-0.25, -0.2) is 14.4 Å². The summed E-state index contributed by atoms with van der Waals surface area (Å²) >= 11 is 0. The first-order valence-electron chi connectivity index (χ1n) is 8.38. The Balaban J connectivity index is 2.05. The van der Waals surface area contributed by atoms with E-state index in [1.807, 2.05) is 0 Å². The Morgan fingerprint density at radius 2 is 1.54 bits per heavy atom. The molecule has 0 aliphatic carbocycles. The van der Waals surface area contributed by atoms with Gasteiger partial charge in [-0.15, -0.1) is 0 Å². The van der Waals surface area contributed by atoms with Crippen LogP contribution in [0, 0.1) is 0 Å². The monoisotopic (exact) mass is 386 g/mol. The highest BCUT2D eigenvalue weighted by Crippen LogP contribution is 2.34. The smallest absolute Gasteiger partial charge is 0.450 e. The van der Waals surface area contributed by atoms with Crippen molar-refractivity contribution in [2.75, 3.05) is 0 Å². The van der Waals surface area contributed by atoms with E-state index < -0.39 is 30.3 Å². The summed E-state index contributed by atoms with van der Waals surface area (Å²) in [5.41, 5.74) is -0.573. The van der Waals surface area contributed by atoms with Crippen molar-refractivity contribution in [2.24, 2.45) is 0 Å². The number of amides is 2. The Kier molecular flexibility index (Phi) is 5.35. The molecule has 2 atom stereocenters. The van der Waals surface area contributed by atoms with E-state index in [0.717, 1.165) is 4.90 Å². The van der Waals surface area contributed by atoms with Gasteiger partial charge in [0.1, 0.15) is 0 Å². The zero-order valence-corrected chi connectivity index (χ0v) is 14.6. The van der Waals surface area contributed by atoms with Crippen LogP contribution in [-0.2, 0) is 22.4 Å². The highest BCUT2D eigenvalue weighted by Gasteiger charge is 2.59. The third kappa shape index (κ3) is 3.98. The van der Waals surface area contributed by atoms with Gasteiger partial charge in [0.05, 0.1) is 6.54 Å². The maximum Gasteiger partial charge on any atom is 0.508 e. The summed E-state index contributed by atoms with van der Waals surface area (Å²) in [5, 5.41) is 20.8. The highest BCUT2D eigenvalue weighted by molar-refractivity contribution is 5.79. The number of carboxylic acid groups (broad SMARTS) is 2. The van der Waals surface area contributed by atoms with Crippen LogP contribution in [0.4, 0.5) is 14.4 Å². The van der Waals surface area contributed by atoms with Gasteiger partial charge in [0.25, 0.3) is 5.72 Å². The van der Waals surface area contributed by atoms with Crippen LogP contribution in [0.3, 0.4) is 0 Å². The number of benzene rings is 2. The zero-order valence-electron chi connectivity index (χ0n) is 14.6. The van der Waals surface area contributed by atoms with E-state index in [0.29, 0.717) is 11.1 Å². The molecule has 1 saturated heterocycles. The normalized spacial score (nSPS) is 21.1. The van der Waals surface area contributed by atoms with E-state index >= 15 is 0 Å². The van der Waals surface area contributed by atoms with Gasteiger partial charge in [-0.3, -0.25) is 10.2 Å². The van der Waals surface area contributed by atoms with Crippen LogP contribution in [0.5, 0.6) is 0 Å². The first-order valence-corrected chi connectivity index (χ1v) is 8.38. The Morgan fingerprint density at radius 1 is 0.964 bits per heavy atom. The van der Waals surface area contributed by atoms with Crippen molar-refractivity contribution in [3.8, 4) is 0 Å². The maximum absolute atomic E-state index is 12.6. The SMILES string of the molecule is O=C(O)OC1NC(=O)N(Cc2ccccc2)C1(Cc1ccccc1)OC(=O)O. The van der Waals surface area contributed by atoms with E-state index in [1.165, 1.54) is 0 Å². The molecule has 0 bridgehead atoms. The third-order valence-corrected chi connectivity index (χ3v) is 4.33. The number of urea groups is 1. The molecular weight excluding hydrogens is 368 g/mol. The molecule has 0 saturated carbocycles. The molecule has 3 N–H and O–H groups in total. The van der Waals surface area contributed by atoms with Crippen LogP contribution in [0.2, 0.25) is 0 Å². The fraction of sp³-hybridized carbons (Fsp3) is 0.211. The predicted molar refractivity (Wildman–Crippen MR) is 95.4 cm³/mol. The molecule has 28 heavy (non-hydrogen) atoms. The molecule has 9 nitrogen and oxygen atoms in total. The number of hydrogen-bond acceptors (Lipinski definition) is 5. The summed E-state index contributed by atoms with van der Waals surface area (Å²) in [5.74, 6) is 0. The van der Waals surface area contributed by atoms with Crippen LogP contribution in [0.15, 0.2) is 60.7 Å². The third-order valence-electron chi connectivity index (χ3n) is 4.33. The van der Waals surface area contributed by atoms with Crippen LogP contribution in [-0.4, -0.2) is 45.4 Å². The van der Waals surface area contributed by atoms with Gasteiger partial charge in [-0.05, 0) is 11.1 Å². The summed E-state index contributed by atoms with van der Waals surface area (Å²) in [7, 11) is 0. The van der Waals surface area contributed by atoms with E-state index in [-0.39, 0.29) is 13.0 Å². The molecule has 2 amide bonds. The van der Waals surface area contributed by atoms with Crippen molar-refractivity contribution >= 4 is 18.3 Å². The molecule has 3 rings (SSSR count). The summed E-state index contributed by atoms with van der Waals surface area (Å²) in [6, 6.07) is 16.8. The van der Waals surface area contributed by atoms with Crippen molar-refractivity contribution < 1.29 is 34.1 Å². The van der Waals surface area contributed by atoms with Crippen molar-refractivity contribution in [3.63, 3.8) is 0 Å². The maximum atomic E-state index is 12.6. The van der Waals surface area contributed by atoms with Crippen molar-refractivity contribution in [3.05, 3.63) is 71.8 Å². The fourth-order valence-electron chi connectivity index (χ4n) is 3.18. The number of rotatable bonds is 6. The minimum absolute atomic E-state index is 0.00767. The second-order valence-electron chi connectivity index (χ2n) is 6.16. The van der Waals surface area contributed by atoms with Gasteiger partial charge in [-0.2, -0.15) is 0 Å². The van der Waals surface area contributed by atoms with Crippen molar-refractivity contribution in [1.29, 1.82) is 0 Å². The standard InChI is InChI=1S/C19H18N2O7/c22-16-20-15(27-17(23)24)19(28-18(25)26,11-13-7-3-1-4-8-13)21(16)12-14-9-5-2-6-10-14/h1-10,15H,11-12H2,(H,20,22)(H,23,24)(H,25,26).